The lowest BCUT2D eigenvalue weighted by atomic mass is 10.1. The van der Waals surface area contributed by atoms with Crippen molar-refractivity contribution in [3.63, 3.8) is 0 Å². The van der Waals surface area contributed by atoms with Crippen LogP contribution in [0.2, 0.25) is 0 Å². The van der Waals surface area contributed by atoms with Crippen molar-refractivity contribution in [1.82, 2.24) is 4.98 Å². The van der Waals surface area contributed by atoms with Crippen LogP contribution in [0, 0.1) is 0 Å². The van der Waals surface area contributed by atoms with Crippen LogP contribution in [0.25, 0.3) is 0 Å². The number of hydrogen-bond acceptors (Lipinski definition) is 3. The number of halogens is 1. The Bertz CT molecular complexity index is 557. The summed E-state index contributed by atoms with van der Waals surface area (Å²) in [6.07, 6.45) is 2.02. The molecule has 1 aromatic heterocycles. The van der Waals surface area contributed by atoms with E-state index in [2.05, 4.69) is 31.9 Å². The van der Waals surface area contributed by atoms with Gasteiger partial charge in [0.1, 0.15) is 0 Å². The molecule has 1 atom stereocenters. The van der Waals surface area contributed by atoms with Crippen molar-refractivity contribution < 1.29 is 5.11 Å². The van der Waals surface area contributed by atoms with Crippen molar-refractivity contribution in [3.8, 4) is 0 Å². The summed E-state index contributed by atoms with van der Waals surface area (Å²) in [7, 11) is 2.03. The summed E-state index contributed by atoms with van der Waals surface area (Å²) >= 11 is 3.56. The Morgan fingerprint density at radius 1 is 1.25 bits per heavy atom. The summed E-state index contributed by atoms with van der Waals surface area (Å²) in [6, 6.07) is 12.1. The van der Waals surface area contributed by atoms with E-state index in [1.807, 2.05) is 50.5 Å². The number of anilines is 1. The van der Waals surface area contributed by atoms with E-state index >= 15 is 0 Å². The van der Waals surface area contributed by atoms with Crippen LogP contribution in [-0.4, -0.2) is 17.1 Å². The highest BCUT2D eigenvalue weighted by atomic mass is 79.9. The molecule has 2 rings (SSSR count). The molecule has 0 radical (unpaired) electrons. The van der Waals surface area contributed by atoms with E-state index in [0.717, 1.165) is 22.4 Å². The van der Waals surface area contributed by atoms with Crippen molar-refractivity contribution in [1.29, 1.82) is 0 Å². The van der Waals surface area contributed by atoms with Gasteiger partial charge in [-0.2, -0.15) is 0 Å². The average molecular weight is 335 g/mol. The second-order valence-corrected chi connectivity index (χ2v) is 5.67. The Kier molecular flexibility index (Phi) is 5.15. The number of benzene rings is 1. The largest absolute Gasteiger partial charge is 0.387 e. The molecule has 3 nitrogen and oxygen atoms in total. The smallest absolute Gasteiger partial charge is 0.0957 e. The molecule has 0 spiro atoms. The second kappa shape index (κ2) is 6.86. The van der Waals surface area contributed by atoms with Crippen LogP contribution in [0.15, 0.2) is 47.1 Å². The third-order valence-electron chi connectivity index (χ3n) is 3.30. The van der Waals surface area contributed by atoms with Gasteiger partial charge in [-0.05, 0) is 30.2 Å². The number of aromatic nitrogens is 1. The fourth-order valence-corrected chi connectivity index (χ4v) is 2.41. The van der Waals surface area contributed by atoms with E-state index < -0.39 is 6.10 Å². The van der Waals surface area contributed by atoms with Crippen molar-refractivity contribution in [2.75, 3.05) is 11.9 Å². The first-order valence-corrected chi connectivity index (χ1v) is 7.49. The standard InChI is InChI=1S/C16H19BrN2O/c1-3-16(20)15-9-8-13(10-18-15)19(2)11-12-6-4-5-7-14(12)17/h4-10,16,20H,3,11H2,1-2H3. The lowest BCUT2D eigenvalue weighted by Gasteiger charge is -2.20. The number of pyridine rings is 1. The monoisotopic (exact) mass is 334 g/mol. The predicted octanol–water partition coefficient (Wildman–Crippen LogP) is 3.92. The molecule has 2 aromatic rings. The molecule has 0 saturated carbocycles. The Labute approximate surface area is 128 Å². The first kappa shape index (κ1) is 15.0. The zero-order valence-corrected chi connectivity index (χ0v) is 13.3. The lowest BCUT2D eigenvalue weighted by Crippen LogP contribution is -2.17. The van der Waals surface area contributed by atoms with Gasteiger partial charge in [0.05, 0.1) is 23.7 Å². The van der Waals surface area contributed by atoms with E-state index in [1.165, 1.54) is 5.56 Å². The van der Waals surface area contributed by atoms with Gasteiger partial charge in [0.25, 0.3) is 0 Å². The highest BCUT2D eigenvalue weighted by molar-refractivity contribution is 9.10. The zero-order chi connectivity index (χ0) is 14.5. The number of aliphatic hydroxyl groups excluding tert-OH is 1. The van der Waals surface area contributed by atoms with Crippen LogP contribution in [0.5, 0.6) is 0 Å². The maximum absolute atomic E-state index is 9.75. The molecule has 1 N–H and O–H groups in total. The minimum atomic E-state index is -0.474. The fourth-order valence-electron chi connectivity index (χ4n) is 2.00. The van der Waals surface area contributed by atoms with E-state index in [1.54, 1.807) is 0 Å². The minimum absolute atomic E-state index is 0.474. The maximum Gasteiger partial charge on any atom is 0.0957 e. The summed E-state index contributed by atoms with van der Waals surface area (Å²) in [5.41, 5.74) is 2.99. The fraction of sp³-hybridized carbons (Fsp3) is 0.312. The molecule has 106 valence electrons. The SMILES string of the molecule is CCC(O)c1ccc(N(C)Cc2ccccc2Br)cn1. The third kappa shape index (κ3) is 3.58. The van der Waals surface area contributed by atoms with Crippen LogP contribution in [0.4, 0.5) is 5.69 Å². The number of hydrogen-bond donors (Lipinski definition) is 1. The van der Waals surface area contributed by atoms with E-state index in [-0.39, 0.29) is 0 Å². The second-order valence-electron chi connectivity index (χ2n) is 4.81. The van der Waals surface area contributed by atoms with Crippen LogP contribution in [0.3, 0.4) is 0 Å². The van der Waals surface area contributed by atoms with Gasteiger partial charge in [0, 0.05) is 18.1 Å². The molecule has 1 aromatic carbocycles. The molecule has 20 heavy (non-hydrogen) atoms. The third-order valence-corrected chi connectivity index (χ3v) is 4.08. The summed E-state index contributed by atoms with van der Waals surface area (Å²) in [5, 5.41) is 9.75. The summed E-state index contributed by atoms with van der Waals surface area (Å²) in [6.45, 7) is 2.75. The molecule has 0 bridgehead atoms. The normalized spacial score (nSPS) is 12.2. The minimum Gasteiger partial charge on any atom is -0.387 e. The number of rotatable bonds is 5. The quantitative estimate of drug-likeness (QED) is 0.900. The molecule has 0 aliphatic rings. The average Bonchev–Trinajstić information content (AvgIpc) is 2.49. The van der Waals surface area contributed by atoms with Gasteiger partial charge in [-0.15, -0.1) is 0 Å². The summed E-state index contributed by atoms with van der Waals surface area (Å²) < 4.78 is 1.11. The van der Waals surface area contributed by atoms with Gasteiger partial charge in [-0.3, -0.25) is 4.98 Å². The van der Waals surface area contributed by atoms with Gasteiger partial charge in [0.15, 0.2) is 0 Å². The van der Waals surface area contributed by atoms with Crippen LogP contribution in [-0.2, 0) is 6.54 Å². The first-order chi connectivity index (χ1) is 9.61. The molecule has 4 heteroatoms. The van der Waals surface area contributed by atoms with Crippen LogP contribution in [0.1, 0.15) is 30.7 Å². The van der Waals surface area contributed by atoms with Gasteiger partial charge in [0.2, 0.25) is 0 Å². The lowest BCUT2D eigenvalue weighted by molar-refractivity contribution is 0.169. The van der Waals surface area contributed by atoms with Gasteiger partial charge in [-0.25, -0.2) is 0 Å². The van der Waals surface area contributed by atoms with E-state index in [9.17, 15) is 5.11 Å². The molecule has 1 heterocycles. The topological polar surface area (TPSA) is 36.4 Å². The van der Waals surface area contributed by atoms with Gasteiger partial charge < -0.3 is 10.0 Å². The Morgan fingerprint density at radius 2 is 2.00 bits per heavy atom. The summed E-state index contributed by atoms with van der Waals surface area (Å²) in [5.74, 6) is 0. The highest BCUT2D eigenvalue weighted by Gasteiger charge is 2.08. The van der Waals surface area contributed by atoms with Crippen LogP contribution < -0.4 is 4.90 Å². The van der Waals surface area contributed by atoms with Crippen molar-refractivity contribution >= 4 is 21.6 Å². The van der Waals surface area contributed by atoms with Crippen LogP contribution >= 0.6 is 15.9 Å². The van der Waals surface area contributed by atoms with Gasteiger partial charge >= 0.3 is 0 Å². The molecule has 0 saturated heterocycles. The maximum atomic E-state index is 9.75. The Morgan fingerprint density at radius 3 is 2.60 bits per heavy atom. The van der Waals surface area contributed by atoms with Crippen molar-refractivity contribution in [2.24, 2.45) is 0 Å². The van der Waals surface area contributed by atoms with Crippen molar-refractivity contribution in [2.45, 2.75) is 26.0 Å². The Balaban J connectivity index is 2.10. The van der Waals surface area contributed by atoms with Crippen molar-refractivity contribution in [3.05, 3.63) is 58.3 Å². The zero-order valence-electron chi connectivity index (χ0n) is 11.8. The number of aliphatic hydroxyl groups is 1. The number of nitrogens with zero attached hydrogens (tertiary/aromatic N) is 2. The molecule has 0 aliphatic carbocycles. The Hall–Kier alpha value is -1.39. The molecule has 1 unspecified atom stereocenters. The van der Waals surface area contributed by atoms with Gasteiger partial charge in [-0.1, -0.05) is 41.1 Å². The molecule has 0 amide bonds. The molecular formula is C16H19BrN2O. The highest BCUT2D eigenvalue weighted by Crippen LogP contribution is 2.22. The summed E-state index contributed by atoms with van der Waals surface area (Å²) in [4.78, 5) is 6.47. The predicted molar refractivity (Wildman–Crippen MR) is 85.7 cm³/mol. The molecule has 0 aliphatic heterocycles. The molecular weight excluding hydrogens is 316 g/mol. The molecule has 0 fully saturated rings. The van der Waals surface area contributed by atoms with E-state index in [4.69, 9.17) is 0 Å². The van der Waals surface area contributed by atoms with E-state index in [0.29, 0.717) is 6.42 Å². The first-order valence-electron chi connectivity index (χ1n) is 6.70.